The van der Waals surface area contributed by atoms with E-state index in [1.807, 2.05) is 12.1 Å². The van der Waals surface area contributed by atoms with Crippen LogP contribution in [0.4, 0.5) is 0 Å². The second-order valence-corrected chi connectivity index (χ2v) is 3.42. The monoisotopic (exact) mass is 184 g/mol. The lowest BCUT2D eigenvalue weighted by Gasteiger charge is -2.14. The van der Waals surface area contributed by atoms with Crippen LogP contribution in [-0.4, -0.2) is 15.6 Å². The Balaban J connectivity index is 2.71. The first-order chi connectivity index (χ1) is 5.75. The Morgan fingerprint density at radius 3 is 2.83 bits per heavy atom. The van der Waals surface area contributed by atoms with Crippen molar-refractivity contribution in [2.75, 3.05) is 0 Å². The van der Waals surface area contributed by atoms with E-state index in [2.05, 4.69) is 24.0 Å². The third-order valence-corrected chi connectivity index (χ3v) is 2.68. The molecule has 0 amide bonds. The number of halogens is 1. The molecule has 1 rings (SSSR count). The predicted octanol–water partition coefficient (Wildman–Crippen LogP) is 2.60. The van der Waals surface area contributed by atoms with E-state index in [0.717, 1.165) is 12.1 Å². The lowest BCUT2D eigenvalue weighted by Crippen LogP contribution is -2.10. The average molecular weight is 185 g/mol. The molecule has 0 saturated heterocycles. The molecule has 1 heterocycles. The van der Waals surface area contributed by atoms with Gasteiger partial charge in [-0.1, -0.05) is 13.8 Å². The number of hydrogen-bond acceptors (Lipinski definition) is 2. The zero-order valence-electron chi connectivity index (χ0n) is 7.37. The molecule has 0 aliphatic rings. The van der Waals surface area contributed by atoms with Gasteiger partial charge in [0.1, 0.15) is 0 Å². The van der Waals surface area contributed by atoms with Crippen molar-refractivity contribution in [3.63, 3.8) is 0 Å². The Morgan fingerprint density at radius 2 is 2.33 bits per heavy atom. The Bertz CT molecular complexity index is 225. The lowest BCUT2D eigenvalue weighted by atomic mass is 10.0. The summed E-state index contributed by atoms with van der Waals surface area (Å²) in [6.07, 6.45) is 2.63. The van der Waals surface area contributed by atoms with Gasteiger partial charge >= 0.3 is 0 Å². The lowest BCUT2D eigenvalue weighted by molar-refractivity contribution is 0.645. The first-order valence-electron chi connectivity index (χ1n) is 4.17. The first kappa shape index (κ1) is 9.46. The van der Waals surface area contributed by atoms with Crippen molar-refractivity contribution in [1.29, 1.82) is 0 Å². The van der Waals surface area contributed by atoms with Crippen molar-refractivity contribution < 1.29 is 0 Å². The van der Waals surface area contributed by atoms with Crippen LogP contribution in [0.15, 0.2) is 18.3 Å². The molecule has 12 heavy (non-hydrogen) atoms. The molecule has 0 radical (unpaired) electrons. The summed E-state index contributed by atoms with van der Waals surface area (Å²) in [5.74, 6) is 0.283. The van der Waals surface area contributed by atoms with Crippen LogP contribution in [0.3, 0.4) is 0 Å². The molecule has 0 aliphatic carbocycles. The zero-order valence-corrected chi connectivity index (χ0v) is 8.12. The fourth-order valence-corrected chi connectivity index (χ4v) is 1.22. The van der Waals surface area contributed by atoms with Gasteiger partial charge in [0, 0.05) is 17.5 Å². The van der Waals surface area contributed by atoms with Gasteiger partial charge in [-0.15, -0.1) is 11.6 Å². The van der Waals surface area contributed by atoms with Crippen LogP contribution >= 0.6 is 11.6 Å². The van der Waals surface area contributed by atoms with Gasteiger partial charge in [0.2, 0.25) is 0 Å². The fourth-order valence-electron chi connectivity index (χ4n) is 1.10. The van der Waals surface area contributed by atoms with Crippen molar-refractivity contribution in [3.8, 4) is 0 Å². The normalized spacial score (nSPS) is 15.6. The molecular formula is C9H13ClN2. The van der Waals surface area contributed by atoms with E-state index < -0.39 is 0 Å². The third-order valence-electron chi connectivity index (χ3n) is 1.99. The second kappa shape index (κ2) is 4.41. The molecule has 0 spiro atoms. The maximum absolute atomic E-state index is 6.08. The summed E-state index contributed by atoms with van der Waals surface area (Å²) in [6, 6.07) is 3.85. The van der Waals surface area contributed by atoms with Gasteiger partial charge in [-0.05, 0) is 18.6 Å². The highest BCUT2D eigenvalue weighted by molar-refractivity contribution is 6.21. The molecule has 2 atom stereocenters. The highest BCUT2D eigenvalue weighted by Crippen LogP contribution is 2.22. The molecule has 66 valence electrons. The highest BCUT2D eigenvalue weighted by Gasteiger charge is 2.15. The summed E-state index contributed by atoms with van der Waals surface area (Å²) < 4.78 is 0. The smallest absolute Gasteiger partial charge is 0.0673 e. The van der Waals surface area contributed by atoms with Crippen LogP contribution in [0.25, 0.3) is 0 Å². The van der Waals surface area contributed by atoms with Gasteiger partial charge in [-0.2, -0.15) is 10.2 Å². The summed E-state index contributed by atoms with van der Waals surface area (Å²) >= 11 is 6.08. The van der Waals surface area contributed by atoms with E-state index in [1.165, 1.54) is 0 Å². The van der Waals surface area contributed by atoms with E-state index in [-0.39, 0.29) is 11.3 Å². The fraction of sp³-hybridized carbons (Fsp3) is 0.556. The van der Waals surface area contributed by atoms with E-state index in [9.17, 15) is 0 Å². The summed E-state index contributed by atoms with van der Waals surface area (Å²) in [5.41, 5.74) is 0.972. The SMILES string of the molecule is CCC(Cl)C(C)c1cccnn1. The maximum atomic E-state index is 6.08. The van der Waals surface area contributed by atoms with Crippen LogP contribution in [0.1, 0.15) is 31.9 Å². The van der Waals surface area contributed by atoms with Gasteiger partial charge < -0.3 is 0 Å². The second-order valence-electron chi connectivity index (χ2n) is 2.86. The van der Waals surface area contributed by atoms with Gasteiger partial charge in [0.25, 0.3) is 0 Å². The summed E-state index contributed by atoms with van der Waals surface area (Å²) in [6.45, 7) is 4.15. The standard InChI is InChI=1S/C9H13ClN2/c1-3-8(10)7(2)9-5-4-6-11-12-9/h4-8H,3H2,1-2H3. The van der Waals surface area contributed by atoms with E-state index >= 15 is 0 Å². The Labute approximate surface area is 78.0 Å². The van der Waals surface area contributed by atoms with E-state index in [1.54, 1.807) is 6.20 Å². The van der Waals surface area contributed by atoms with E-state index in [4.69, 9.17) is 11.6 Å². The summed E-state index contributed by atoms with van der Waals surface area (Å²) in [7, 11) is 0. The highest BCUT2D eigenvalue weighted by atomic mass is 35.5. The van der Waals surface area contributed by atoms with Crippen LogP contribution in [-0.2, 0) is 0 Å². The number of aromatic nitrogens is 2. The predicted molar refractivity (Wildman–Crippen MR) is 50.4 cm³/mol. The van der Waals surface area contributed by atoms with Gasteiger partial charge in [-0.3, -0.25) is 0 Å². The van der Waals surface area contributed by atoms with Crippen LogP contribution in [0, 0.1) is 0 Å². The molecule has 0 aliphatic heterocycles. The van der Waals surface area contributed by atoms with Crippen molar-refractivity contribution in [1.82, 2.24) is 10.2 Å². The number of alkyl halides is 1. The minimum Gasteiger partial charge on any atom is -0.159 e. The Hall–Kier alpha value is -0.630. The van der Waals surface area contributed by atoms with Gasteiger partial charge in [0.05, 0.1) is 5.69 Å². The van der Waals surface area contributed by atoms with Crippen molar-refractivity contribution in [2.45, 2.75) is 31.6 Å². The summed E-state index contributed by atoms with van der Waals surface area (Å²) in [4.78, 5) is 0. The Kier molecular flexibility index (Phi) is 3.48. The molecule has 1 aromatic rings. The zero-order chi connectivity index (χ0) is 8.97. The number of nitrogens with zero attached hydrogens (tertiary/aromatic N) is 2. The van der Waals surface area contributed by atoms with E-state index in [0.29, 0.717) is 0 Å². The number of hydrogen-bond donors (Lipinski definition) is 0. The maximum Gasteiger partial charge on any atom is 0.0673 e. The molecule has 1 aromatic heterocycles. The molecule has 3 heteroatoms. The quantitative estimate of drug-likeness (QED) is 0.675. The van der Waals surface area contributed by atoms with Crippen molar-refractivity contribution in [2.24, 2.45) is 0 Å². The molecule has 0 N–H and O–H groups in total. The molecule has 0 bridgehead atoms. The van der Waals surface area contributed by atoms with Crippen LogP contribution in [0.5, 0.6) is 0 Å². The minimum absolute atomic E-state index is 0.154. The van der Waals surface area contributed by atoms with Crippen molar-refractivity contribution in [3.05, 3.63) is 24.0 Å². The topological polar surface area (TPSA) is 25.8 Å². The third kappa shape index (κ3) is 2.18. The number of rotatable bonds is 3. The molecule has 0 fully saturated rings. The first-order valence-corrected chi connectivity index (χ1v) is 4.61. The van der Waals surface area contributed by atoms with Crippen LogP contribution < -0.4 is 0 Å². The average Bonchev–Trinajstić information content (AvgIpc) is 2.17. The molecule has 2 nitrogen and oxygen atoms in total. The van der Waals surface area contributed by atoms with Gasteiger partial charge in [0.15, 0.2) is 0 Å². The van der Waals surface area contributed by atoms with Crippen molar-refractivity contribution >= 4 is 11.6 Å². The molecular weight excluding hydrogens is 172 g/mol. The van der Waals surface area contributed by atoms with Gasteiger partial charge in [-0.25, -0.2) is 0 Å². The minimum atomic E-state index is 0.154. The Morgan fingerprint density at radius 1 is 1.58 bits per heavy atom. The van der Waals surface area contributed by atoms with Crippen LogP contribution in [0.2, 0.25) is 0 Å². The largest absolute Gasteiger partial charge is 0.159 e. The summed E-state index contributed by atoms with van der Waals surface area (Å²) in [5, 5.41) is 7.98. The molecule has 0 aromatic carbocycles. The molecule has 0 saturated carbocycles. The molecule has 2 unspecified atom stereocenters.